The summed E-state index contributed by atoms with van der Waals surface area (Å²) in [5.41, 5.74) is 3.30. The molecule has 0 spiro atoms. The van der Waals surface area contributed by atoms with Crippen LogP contribution < -0.4 is 0 Å². The fraction of sp³-hybridized carbons (Fsp3) is 0.217. The molecule has 2 atom stereocenters. The minimum Gasteiger partial charge on any atom is -0.512 e. The molecule has 1 aliphatic carbocycles. The highest BCUT2D eigenvalue weighted by Crippen LogP contribution is 2.36. The molecule has 0 aromatic heterocycles. The molecule has 1 aliphatic rings. The molecule has 0 amide bonds. The Kier molecular flexibility index (Phi) is 9.05. The summed E-state index contributed by atoms with van der Waals surface area (Å²) in [7, 11) is 0. The van der Waals surface area contributed by atoms with Crippen LogP contribution in [0.4, 0.5) is 0 Å². The van der Waals surface area contributed by atoms with E-state index in [1.165, 1.54) is 11.6 Å². The topological polar surface area (TPSA) is 40.5 Å². The third-order valence-electron chi connectivity index (χ3n) is 3.98. The molecular weight excluding hydrogens is 308 g/mol. The molecular formula is C23H28O2. The number of allylic oxidation sites excluding steroid dienone is 11. The zero-order valence-electron chi connectivity index (χ0n) is 14.8. The van der Waals surface area contributed by atoms with Crippen LogP contribution in [0.2, 0.25) is 0 Å². The molecule has 0 aliphatic heterocycles. The van der Waals surface area contributed by atoms with Crippen molar-refractivity contribution in [1.29, 1.82) is 0 Å². The van der Waals surface area contributed by atoms with Crippen LogP contribution in [-0.2, 0) is 0 Å². The van der Waals surface area contributed by atoms with Gasteiger partial charge >= 0.3 is 0 Å². The summed E-state index contributed by atoms with van der Waals surface area (Å²) in [5.74, 6) is -0.131. The van der Waals surface area contributed by atoms with E-state index in [2.05, 4.69) is 32.4 Å². The molecule has 0 aromatic rings. The third kappa shape index (κ3) is 6.44. The van der Waals surface area contributed by atoms with E-state index in [1.54, 1.807) is 24.3 Å². The molecule has 0 fully saturated rings. The monoisotopic (exact) mass is 336 g/mol. The second-order valence-corrected chi connectivity index (χ2v) is 5.88. The molecule has 0 bridgehead atoms. The Morgan fingerprint density at radius 2 is 1.56 bits per heavy atom. The summed E-state index contributed by atoms with van der Waals surface area (Å²) in [6.07, 6.45) is 19.8. The van der Waals surface area contributed by atoms with Crippen molar-refractivity contribution < 1.29 is 10.2 Å². The zero-order chi connectivity index (χ0) is 18.7. The molecule has 2 unspecified atom stereocenters. The number of hydrogen-bond donors (Lipinski definition) is 2. The van der Waals surface area contributed by atoms with E-state index in [1.807, 2.05) is 24.3 Å². The van der Waals surface area contributed by atoms with E-state index < -0.39 is 6.10 Å². The summed E-state index contributed by atoms with van der Waals surface area (Å²) in [4.78, 5) is 0. The predicted molar refractivity (Wildman–Crippen MR) is 108 cm³/mol. The number of aliphatic hydroxyl groups excluding tert-OH is 2. The van der Waals surface area contributed by atoms with Gasteiger partial charge in [0.05, 0.1) is 12.0 Å². The van der Waals surface area contributed by atoms with Gasteiger partial charge in [0.25, 0.3) is 0 Å². The van der Waals surface area contributed by atoms with Gasteiger partial charge < -0.3 is 10.2 Å². The lowest BCUT2D eigenvalue weighted by Crippen LogP contribution is -2.31. The lowest BCUT2D eigenvalue weighted by molar-refractivity contribution is 0.118. The van der Waals surface area contributed by atoms with Crippen molar-refractivity contribution in [2.45, 2.75) is 25.4 Å². The number of hydrogen-bond acceptors (Lipinski definition) is 2. The van der Waals surface area contributed by atoms with Gasteiger partial charge in [-0.2, -0.15) is 0 Å². The second-order valence-electron chi connectivity index (χ2n) is 5.88. The second kappa shape index (κ2) is 11.1. The van der Waals surface area contributed by atoms with Crippen molar-refractivity contribution >= 4 is 0 Å². The quantitative estimate of drug-likeness (QED) is 0.477. The van der Waals surface area contributed by atoms with E-state index in [9.17, 15) is 10.2 Å². The Hall–Kier alpha value is -2.58. The summed E-state index contributed by atoms with van der Waals surface area (Å²) in [6.45, 7) is 15.0. The molecule has 0 aromatic carbocycles. The first-order chi connectivity index (χ1) is 12.1. The fourth-order valence-corrected chi connectivity index (χ4v) is 2.85. The Labute approximate surface area is 151 Å². The maximum absolute atomic E-state index is 9.93. The summed E-state index contributed by atoms with van der Waals surface area (Å²) < 4.78 is 0. The maximum Gasteiger partial charge on any atom is 0.101 e. The van der Waals surface area contributed by atoms with Crippen LogP contribution in [0.15, 0.2) is 110 Å². The van der Waals surface area contributed by atoms with E-state index in [0.29, 0.717) is 6.42 Å². The van der Waals surface area contributed by atoms with E-state index >= 15 is 0 Å². The summed E-state index contributed by atoms with van der Waals surface area (Å²) in [5, 5.41) is 19.8. The van der Waals surface area contributed by atoms with Gasteiger partial charge in [0.15, 0.2) is 0 Å². The van der Waals surface area contributed by atoms with Crippen molar-refractivity contribution in [2.24, 2.45) is 5.92 Å². The minimum atomic E-state index is -0.644. The minimum absolute atomic E-state index is 0.217. The maximum atomic E-state index is 9.93. The van der Waals surface area contributed by atoms with E-state index in [-0.39, 0.29) is 11.7 Å². The van der Waals surface area contributed by atoms with Crippen LogP contribution in [0.25, 0.3) is 0 Å². The van der Waals surface area contributed by atoms with Crippen LogP contribution in [0, 0.1) is 5.92 Å². The van der Waals surface area contributed by atoms with Crippen molar-refractivity contribution in [3.63, 3.8) is 0 Å². The van der Waals surface area contributed by atoms with E-state index in [0.717, 1.165) is 24.0 Å². The van der Waals surface area contributed by atoms with Gasteiger partial charge in [-0.1, -0.05) is 97.7 Å². The highest BCUT2D eigenvalue weighted by molar-refractivity contribution is 5.36. The smallest absolute Gasteiger partial charge is 0.101 e. The Morgan fingerprint density at radius 1 is 0.920 bits per heavy atom. The van der Waals surface area contributed by atoms with E-state index in [4.69, 9.17) is 0 Å². The number of aliphatic hydroxyl groups is 2. The molecule has 2 heteroatoms. The molecule has 25 heavy (non-hydrogen) atoms. The standard InChI is InChI=1S/C23H28O2/c1-5-9-10-14-18(11-6-2)15-19(12-7-3)16-20(13-8-4)23-21(24)17-22(23)25/h5-13,17,21,23-25H,1-4,14-16H2/b10-9+,18-11?,19-12?,20-13?. The van der Waals surface area contributed by atoms with Gasteiger partial charge in [-0.3, -0.25) is 0 Å². The Balaban J connectivity index is 2.96. The van der Waals surface area contributed by atoms with Crippen molar-refractivity contribution in [3.05, 3.63) is 110 Å². The molecule has 0 heterocycles. The lowest BCUT2D eigenvalue weighted by Gasteiger charge is -2.31. The van der Waals surface area contributed by atoms with Crippen LogP contribution >= 0.6 is 0 Å². The first-order valence-corrected chi connectivity index (χ1v) is 8.36. The van der Waals surface area contributed by atoms with Gasteiger partial charge in [-0.15, -0.1) is 0 Å². The Morgan fingerprint density at radius 3 is 2.08 bits per heavy atom. The summed E-state index contributed by atoms with van der Waals surface area (Å²) in [6, 6.07) is 0. The zero-order valence-corrected chi connectivity index (χ0v) is 14.8. The van der Waals surface area contributed by atoms with Gasteiger partial charge in [0.2, 0.25) is 0 Å². The highest BCUT2D eigenvalue weighted by Gasteiger charge is 2.33. The molecule has 0 saturated carbocycles. The van der Waals surface area contributed by atoms with Crippen molar-refractivity contribution in [1.82, 2.24) is 0 Å². The van der Waals surface area contributed by atoms with Crippen LogP contribution in [0.1, 0.15) is 19.3 Å². The van der Waals surface area contributed by atoms with Crippen LogP contribution in [0.3, 0.4) is 0 Å². The molecule has 132 valence electrons. The van der Waals surface area contributed by atoms with Gasteiger partial charge in [-0.25, -0.2) is 0 Å². The SMILES string of the molecule is C=CC=C(C/C=C/C=C)CC(=CC=C)CC(=CC=C)C1C(O)=CC1O. The fourth-order valence-electron chi connectivity index (χ4n) is 2.85. The highest BCUT2D eigenvalue weighted by atomic mass is 16.3. The first kappa shape index (κ1) is 20.5. The van der Waals surface area contributed by atoms with Crippen LogP contribution in [0.5, 0.6) is 0 Å². The lowest BCUT2D eigenvalue weighted by atomic mass is 9.79. The number of rotatable bonds is 11. The molecule has 2 N–H and O–H groups in total. The van der Waals surface area contributed by atoms with Crippen molar-refractivity contribution in [2.75, 3.05) is 0 Å². The molecule has 1 rings (SSSR count). The first-order valence-electron chi connectivity index (χ1n) is 8.36. The average Bonchev–Trinajstić information content (AvgIpc) is 2.55. The normalized spacial score (nSPS) is 21.5. The van der Waals surface area contributed by atoms with Crippen molar-refractivity contribution in [3.8, 4) is 0 Å². The largest absolute Gasteiger partial charge is 0.512 e. The molecule has 2 nitrogen and oxygen atoms in total. The summed E-state index contributed by atoms with van der Waals surface area (Å²) >= 11 is 0. The average molecular weight is 336 g/mol. The Bertz CT molecular complexity index is 654. The third-order valence-corrected chi connectivity index (χ3v) is 3.98. The molecule has 0 saturated heterocycles. The molecule has 0 radical (unpaired) electrons. The van der Waals surface area contributed by atoms with Crippen LogP contribution in [-0.4, -0.2) is 16.3 Å². The predicted octanol–water partition coefficient (Wildman–Crippen LogP) is 5.67. The van der Waals surface area contributed by atoms with Gasteiger partial charge in [0, 0.05) is 0 Å². The van der Waals surface area contributed by atoms with Gasteiger partial charge in [0.1, 0.15) is 5.76 Å². The van der Waals surface area contributed by atoms with Gasteiger partial charge in [-0.05, 0) is 25.3 Å².